The first kappa shape index (κ1) is 17.0. The maximum atomic E-state index is 11.6. The number of halogens is 1. The molecule has 0 amide bonds. The highest BCUT2D eigenvalue weighted by Gasteiger charge is 2.20. The average Bonchev–Trinajstić information content (AvgIpc) is 3.39. The van der Waals surface area contributed by atoms with E-state index in [2.05, 4.69) is 19.9 Å². The van der Waals surface area contributed by atoms with Crippen LogP contribution < -0.4 is 5.76 Å². The first-order valence-corrected chi connectivity index (χ1v) is 9.68. The van der Waals surface area contributed by atoms with Crippen LogP contribution in [0.1, 0.15) is 5.56 Å². The third-order valence-electron chi connectivity index (χ3n) is 4.45. The highest BCUT2D eigenvalue weighted by atomic mass is 35.5. The molecule has 1 aromatic carbocycles. The molecule has 0 atom stereocenters. The van der Waals surface area contributed by atoms with Gasteiger partial charge >= 0.3 is 5.76 Å². The smallest absolute Gasteiger partial charge is 0.405 e. The van der Waals surface area contributed by atoms with Crippen molar-refractivity contribution in [3.63, 3.8) is 0 Å². The topological polar surface area (TPSA) is 87.6 Å². The molecular formula is C20H13ClN4O2S. The minimum Gasteiger partial charge on any atom is -0.405 e. The molecule has 138 valence electrons. The first-order chi connectivity index (χ1) is 13.6. The predicted molar refractivity (Wildman–Crippen MR) is 111 cm³/mol. The number of H-pyrrole nitrogens is 2. The molecular weight excluding hydrogens is 396 g/mol. The number of aromatic amines is 2. The lowest BCUT2D eigenvalue weighted by atomic mass is 10.0. The second-order valence-electron chi connectivity index (χ2n) is 6.33. The maximum Gasteiger partial charge on any atom is 0.418 e. The normalized spacial score (nSPS) is 11.4. The molecule has 6 nitrogen and oxygen atoms in total. The Hall–Kier alpha value is -3.16. The van der Waals surface area contributed by atoms with Crippen LogP contribution in [0.4, 0.5) is 0 Å². The van der Waals surface area contributed by atoms with Crippen molar-refractivity contribution in [1.29, 1.82) is 0 Å². The summed E-state index contributed by atoms with van der Waals surface area (Å²) in [7, 11) is 0. The summed E-state index contributed by atoms with van der Waals surface area (Å²) in [6.07, 6.45) is 5.14. The molecule has 0 saturated heterocycles. The number of benzene rings is 1. The molecule has 0 aliphatic rings. The number of oxazole rings is 1. The SMILES string of the molecule is Cc1ccc(-c2cc(-c3ccnc4[nH]c(=O)oc34)sc2-c2ncc[nH]2)c(Cl)c1. The fourth-order valence-electron chi connectivity index (χ4n) is 3.18. The zero-order valence-corrected chi connectivity index (χ0v) is 16.2. The van der Waals surface area contributed by atoms with Gasteiger partial charge in [0.15, 0.2) is 11.2 Å². The van der Waals surface area contributed by atoms with Gasteiger partial charge in [0.1, 0.15) is 5.82 Å². The third kappa shape index (κ3) is 2.76. The molecule has 5 rings (SSSR count). The second kappa shape index (κ2) is 6.47. The molecule has 4 aromatic heterocycles. The lowest BCUT2D eigenvalue weighted by Gasteiger charge is -2.05. The summed E-state index contributed by atoms with van der Waals surface area (Å²) >= 11 is 8.10. The van der Waals surface area contributed by atoms with Gasteiger partial charge in [-0.25, -0.2) is 14.8 Å². The summed E-state index contributed by atoms with van der Waals surface area (Å²) in [4.78, 5) is 27.9. The Balaban J connectivity index is 1.78. The summed E-state index contributed by atoms with van der Waals surface area (Å²) in [6.45, 7) is 2.00. The summed E-state index contributed by atoms with van der Waals surface area (Å²) in [5.41, 5.74) is 4.61. The van der Waals surface area contributed by atoms with Gasteiger partial charge in [-0.3, -0.25) is 4.98 Å². The highest BCUT2D eigenvalue weighted by Crippen LogP contribution is 2.45. The number of hydrogen-bond donors (Lipinski definition) is 2. The van der Waals surface area contributed by atoms with E-state index < -0.39 is 5.76 Å². The first-order valence-electron chi connectivity index (χ1n) is 8.48. The minimum atomic E-state index is -0.528. The van der Waals surface area contributed by atoms with Gasteiger partial charge in [-0.05, 0) is 30.7 Å². The molecule has 0 saturated carbocycles. The van der Waals surface area contributed by atoms with Gasteiger partial charge < -0.3 is 9.40 Å². The second-order valence-corrected chi connectivity index (χ2v) is 7.78. The number of fused-ring (bicyclic) bond motifs is 1. The number of nitrogens with one attached hydrogen (secondary N) is 2. The summed E-state index contributed by atoms with van der Waals surface area (Å²) in [6, 6.07) is 9.85. The van der Waals surface area contributed by atoms with E-state index >= 15 is 0 Å². The molecule has 5 aromatic rings. The van der Waals surface area contributed by atoms with Gasteiger partial charge in [-0.1, -0.05) is 23.7 Å². The lowest BCUT2D eigenvalue weighted by molar-refractivity contribution is 0.556. The van der Waals surface area contributed by atoms with E-state index in [9.17, 15) is 4.79 Å². The van der Waals surface area contributed by atoms with Gasteiger partial charge in [0.25, 0.3) is 0 Å². The van der Waals surface area contributed by atoms with E-state index in [0.29, 0.717) is 16.3 Å². The van der Waals surface area contributed by atoms with Crippen molar-refractivity contribution in [3.05, 3.63) is 70.1 Å². The van der Waals surface area contributed by atoms with Crippen LogP contribution in [-0.4, -0.2) is 19.9 Å². The van der Waals surface area contributed by atoms with Crippen LogP contribution in [0.2, 0.25) is 5.02 Å². The van der Waals surface area contributed by atoms with Crippen molar-refractivity contribution in [2.45, 2.75) is 6.92 Å². The maximum absolute atomic E-state index is 11.6. The Morgan fingerprint density at radius 2 is 1.96 bits per heavy atom. The molecule has 0 aliphatic heterocycles. The number of aromatic nitrogens is 4. The van der Waals surface area contributed by atoms with Crippen LogP contribution in [0, 0.1) is 6.92 Å². The van der Waals surface area contributed by atoms with Gasteiger partial charge in [0.2, 0.25) is 0 Å². The number of hydrogen-bond acceptors (Lipinski definition) is 5. The summed E-state index contributed by atoms with van der Waals surface area (Å²) in [5, 5.41) is 0.671. The molecule has 4 heterocycles. The Morgan fingerprint density at radius 1 is 1.07 bits per heavy atom. The van der Waals surface area contributed by atoms with Crippen LogP contribution in [0.15, 0.2) is 58.1 Å². The third-order valence-corrected chi connectivity index (χ3v) is 5.93. The van der Waals surface area contributed by atoms with Gasteiger partial charge in [-0.15, -0.1) is 11.3 Å². The number of aryl methyl sites for hydroxylation is 1. The van der Waals surface area contributed by atoms with Crippen LogP contribution in [0.3, 0.4) is 0 Å². The van der Waals surface area contributed by atoms with E-state index in [-0.39, 0.29) is 0 Å². The average molecular weight is 409 g/mol. The fourth-order valence-corrected chi connectivity index (χ4v) is 4.67. The van der Waals surface area contributed by atoms with Crippen molar-refractivity contribution < 1.29 is 4.42 Å². The van der Waals surface area contributed by atoms with Gasteiger partial charge in [-0.2, -0.15) is 0 Å². The van der Waals surface area contributed by atoms with E-state index in [1.165, 1.54) is 0 Å². The zero-order valence-electron chi connectivity index (χ0n) is 14.6. The van der Waals surface area contributed by atoms with Crippen LogP contribution in [-0.2, 0) is 0 Å². The molecule has 0 radical (unpaired) electrons. The number of pyridine rings is 1. The Kier molecular flexibility index (Phi) is 3.92. The quantitative estimate of drug-likeness (QED) is 0.426. The molecule has 28 heavy (non-hydrogen) atoms. The number of thiophene rings is 1. The molecule has 0 spiro atoms. The molecule has 0 bridgehead atoms. The minimum absolute atomic E-state index is 0.422. The highest BCUT2D eigenvalue weighted by molar-refractivity contribution is 7.19. The van der Waals surface area contributed by atoms with Gasteiger partial charge in [0.05, 0.1) is 4.88 Å². The monoisotopic (exact) mass is 408 g/mol. The van der Waals surface area contributed by atoms with E-state index in [1.54, 1.807) is 29.9 Å². The number of rotatable bonds is 3. The Morgan fingerprint density at radius 3 is 2.75 bits per heavy atom. The molecule has 0 aliphatic carbocycles. The van der Waals surface area contributed by atoms with Crippen molar-refractivity contribution in [2.24, 2.45) is 0 Å². The van der Waals surface area contributed by atoms with Crippen molar-refractivity contribution >= 4 is 34.2 Å². The van der Waals surface area contributed by atoms with Crippen LogP contribution in [0.5, 0.6) is 0 Å². The Labute approximate surface area is 167 Å². The number of imidazole rings is 1. The predicted octanol–water partition coefficient (Wildman–Crippen LogP) is 5.26. The van der Waals surface area contributed by atoms with E-state index in [1.807, 2.05) is 37.3 Å². The summed E-state index contributed by atoms with van der Waals surface area (Å²) in [5.74, 6) is 0.225. The van der Waals surface area contributed by atoms with E-state index in [0.717, 1.165) is 37.8 Å². The van der Waals surface area contributed by atoms with Crippen molar-refractivity contribution in [3.8, 4) is 32.3 Å². The van der Waals surface area contributed by atoms with Gasteiger partial charge in [0, 0.05) is 45.2 Å². The molecule has 8 heteroatoms. The molecule has 0 unspecified atom stereocenters. The summed E-state index contributed by atoms with van der Waals surface area (Å²) < 4.78 is 5.32. The van der Waals surface area contributed by atoms with Crippen molar-refractivity contribution in [1.82, 2.24) is 19.9 Å². The largest absolute Gasteiger partial charge is 0.418 e. The standard InChI is InChI=1S/C20H13ClN4O2S/c1-10-2-3-11(14(21)8-10)13-9-15(28-17(13)19-23-6-7-24-19)12-4-5-22-18-16(12)27-20(26)25-18/h2-9H,1H3,(H,23,24)(H,22,25,26). The fraction of sp³-hybridized carbons (Fsp3) is 0.0500. The number of nitrogens with zero attached hydrogens (tertiary/aromatic N) is 2. The van der Waals surface area contributed by atoms with Crippen LogP contribution >= 0.6 is 22.9 Å². The molecule has 2 N–H and O–H groups in total. The van der Waals surface area contributed by atoms with Crippen LogP contribution in [0.25, 0.3) is 43.5 Å². The van der Waals surface area contributed by atoms with E-state index in [4.69, 9.17) is 16.0 Å². The van der Waals surface area contributed by atoms with Crippen molar-refractivity contribution in [2.75, 3.05) is 0 Å². The lowest BCUT2D eigenvalue weighted by Crippen LogP contribution is -1.93. The zero-order chi connectivity index (χ0) is 19.3. The Bertz CT molecular complexity index is 1360. The molecule has 0 fully saturated rings.